The Bertz CT molecular complexity index is 740. The van der Waals surface area contributed by atoms with E-state index in [1.807, 2.05) is 0 Å². The van der Waals surface area contributed by atoms with Gasteiger partial charge in [0.1, 0.15) is 18.9 Å². The van der Waals surface area contributed by atoms with Gasteiger partial charge < -0.3 is 14.6 Å². The molecule has 1 aromatic carbocycles. The molecule has 108 valence electrons. The van der Waals surface area contributed by atoms with Crippen LogP contribution < -0.4 is 9.47 Å². The van der Waals surface area contributed by atoms with Gasteiger partial charge in [-0.15, -0.1) is 0 Å². The highest BCUT2D eigenvalue weighted by atomic mass is 79.9. The second-order valence-electron chi connectivity index (χ2n) is 4.27. The van der Waals surface area contributed by atoms with Crippen molar-refractivity contribution in [1.29, 1.82) is 0 Å². The average Bonchev–Trinajstić information content (AvgIpc) is 2.96. The van der Waals surface area contributed by atoms with Gasteiger partial charge in [0, 0.05) is 4.47 Å². The van der Waals surface area contributed by atoms with Crippen molar-refractivity contribution in [3.05, 3.63) is 27.9 Å². The van der Waals surface area contributed by atoms with E-state index in [0.29, 0.717) is 52.3 Å². The normalized spacial score (nSPS) is 13.0. The van der Waals surface area contributed by atoms with E-state index < -0.39 is 5.97 Å². The van der Waals surface area contributed by atoms with Crippen LogP contribution in [-0.4, -0.2) is 40.8 Å². The van der Waals surface area contributed by atoms with Gasteiger partial charge in [0.2, 0.25) is 0 Å². The topological polar surface area (TPSA) is 102 Å². The highest BCUT2D eigenvalue weighted by Crippen LogP contribution is 2.45. The highest BCUT2D eigenvalue weighted by molar-refractivity contribution is 9.10. The van der Waals surface area contributed by atoms with Gasteiger partial charge in [-0.05, 0) is 28.1 Å². The summed E-state index contributed by atoms with van der Waals surface area (Å²) >= 11 is 3.35. The zero-order valence-corrected chi connectivity index (χ0v) is 12.1. The Balaban J connectivity index is 2.21. The molecule has 0 amide bonds. The highest BCUT2D eigenvalue weighted by Gasteiger charge is 2.25. The minimum Gasteiger partial charge on any atom is -0.485 e. The summed E-state index contributed by atoms with van der Waals surface area (Å²) in [5, 5.41) is 15.4. The van der Waals surface area contributed by atoms with Gasteiger partial charge in [-0.1, -0.05) is 0 Å². The summed E-state index contributed by atoms with van der Waals surface area (Å²) in [6, 6.07) is 2.98. The summed E-state index contributed by atoms with van der Waals surface area (Å²) in [5.41, 5.74) is 1.24. The van der Waals surface area contributed by atoms with Crippen LogP contribution in [0.15, 0.2) is 16.6 Å². The Labute approximate surface area is 127 Å². The largest absolute Gasteiger partial charge is 0.485 e. The number of nitrogens with one attached hydrogen (secondary N) is 1. The van der Waals surface area contributed by atoms with E-state index in [9.17, 15) is 9.59 Å². The second kappa shape index (κ2) is 5.21. The Morgan fingerprint density at radius 2 is 2.05 bits per heavy atom. The van der Waals surface area contributed by atoms with Crippen molar-refractivity contribution < 1.29 is 24.2 Å². The quantitative estimate of drug-likeness (QED) is 0.820. The smallest absolute Gasteiger partial charge is 0.353 e. The van der Waals surface area contributed by atoms with Gasteiger partial charge in [-0.25, -0.2) is 4.79 Å². The van der Waals surface area contributed by atoms with Crippen molar-refractivity contribution in [1.82, 2.24) is 10.2 Å². The SMILES string of the molecule is O=Cc1cc(Br)c(-c2cc(C(=O)O)[nH]n2)c2c1OCCO2. The summed E-state index contributed by atoms with van der Waals surface area (Å²) in [6.45, 7) is 0.681. The second-order valence-corrected chi connectivity index (χ2v) is 5.12. The number of ether oxygens (including phenoxy) is 2. The number of hydrogen-bond acceptors (Lipinski definition) is 5. The number of hydrogen-bond donors (Lipinski definition) is 2. The van der Waals surface area contributed by atoms with E-state index in [-0.39, 0.29) is 5.69 Å². The summed E-state index contributed by atoms with van der Waals surface area (Å²) < 4.78 is 11.6. The van der Waals surface area contributed by atoms with E-state index in [2.05, 4.69) is 26.1 Å². The van der Waals surface area contributed by atoms with Crippen LogP contribution in [0, 0.1) is 0 Å². The number of aromatic nitrogens is 2. The standard InChI is InChI=1S/C13H9BrN2O5/c14-7-3-6(5-17)11-12(21-2-1-20-11)10(7)8-4-9(13(18)19)16-15-8/h3-5H,1-2H2,(H,15,16)(H,18,19). The van der Waals surface area contributed by atoms with E-state index >= 15 is 0 Å². The number of carboxylic acids is 1. The number of carbonyl (C=O) groups excluding carboxylic acids is 1. The number of carboxylic acid groups (broad SMARTS) is 1. The molecule has 2 aromatic rings. The van der Waals surface area contributed by atoms with E-state index in [1.165, 1.54) is 6.07 Å². The fourth-order valence-electron chi connectivity index (χ4n) is 2.09. The number of carbonyl (C=O) groups is 2. The molecule has 1 aliphatic rings. The molecule has 2 N–H and O–H groups in total. The lowest BCUT2D eigenvalue weighted by Gasteiger charge is -2.22. The minimum absolute atomic E-state index is 0.0400. The van der Waals surface area contributed by atoms with E-state index in [4.69, 9.17) is 14.6 Å². The fourth-order valence-corrected chi connectivity index (χ4v) is 2.72. The number of H-pyrrole nitrogens is 1. The fraction of sp³-hybridized carbons (Fsp3) is 0.154. The third-order valence-electron chi connectivity index (χ3n) is 2.98. The predicted octanol–water partition coefficient (Wildman–Crippen LogP) is 2.12. The molecule has 1 aromatic heterocycles. The zero-order valence-electron chi connectivity index (χ0n) is 10.6. The monoisotopic (exact) mass is 352 g/mol. The number of fused-ring (bicyclic) bond motifs is 1. The molecule has 0 bridgehead atoms. The molecule has 7 nitrogen and oxygen atoms in total. The number of aromatic amines is 1. The first-order valence-electron chi connectivity index (χ1n) is 5.98. The molecule has 8 heteroatoms. The van der Waals surface area contributed by atoms with Gasteiger partial charge in [0.05, 0.1) is 16.8 Å². The van der Waals surface area contributed by atoms with Crippen LogP contribution in [0.4, 0.5) is 0 Å². The Morgan fingerprint density at radius 1 is 1.33 bits per heavy atom. The van der Waals surface area contributed by atoms with Gasteiger partial charge >= 0.3 is 5.97 Å². The number of aromatic carboxylic acids is 1. The van der Waals surface area contributed by atoms with Crippen LogP contribution in [0.25, 0.3) is 11.3 Å². The molecular formula is C13H9BrN2O5. The number of halogens is 1. The van der Waals surface area contributed by atoms with Crippen LogP contribution in [0.3, 0.4) is 0 Å². The van der Waals surface area contributed by atoms with Crippen molar-refractivity contribution in [2.24, 2.45) is 0 Å². The third-order valence-corrected chi connectivity index (χ3v) is 3.61. The molecule has 0 saturated heterocycles. The lowest BCUT2D eigenvalue weighted by molar-refractivity contribution is 0.0690. The molecule has 1 aliphatic heterocycles. The Hall–Kier alpha value is -2.35. The summed E-state index contributed by atoms with van der Waals surface area (Å²) in [5.74, 6) is -0.393. The molecule has 0 radical (unpaired) electrons. The van der Waals surface area contributed by atoms with Crippen LogP contribution in [0.1, 0.15) is 20.8 Å². The molecule has 0 fully saturated rings. The van der Waals surface area contributed by atoms with Crippen molar-refractivity contribution in [2.45, 2.75) is 0 Å². The van der Waals surface area contributed by atoms with Crippen molar-refractivity contribution >= 4 is 28.2 Å². The first kappa shape index (κ1) is 13.6. The summed E-state index contributed by atoms with van der Waals surface area (Å²) in [4.78, 5) is 22.1. The first-order valence-corrected chi connectivity index (χ1v) is 6.77. The zero-order chi connectivity index (χ0) is 15.0. The Kier molecular flexibility index (Phi) is 3.38. The number of rotatable bonds is 3. The molecule has 0 spiro atoms. The predicted molar refractivity (Wildman–Crippen MR) is 75.1 cm³/mol. The minimum atomic E-state index is -1.11. The third kappa shape index (κ3) is 2.27. The van der Waals surface area contributed by atoms with Crippen molar-refractivity contribution in [3.63, 3.8) is 0 Å². The van der Waals surface area contributed by atoms with Gasteiger partial charge in [-0.3, -0.25) is 9.89 Å². The Morgan fingerprint density at radius 3 is 2.67 bits per heavy atom. The van der Waals surface area contributed by atoms with Crippen LogP contribution in [0.5, 0.6) is 11.5 Å². The molecule has 21 heavy (non-hydrogen) atoms. The summed E-state index contributed by atoms with van der Waals surface area (Å²) in [6.07, 6.45) is 0.676. The molecule has 3 rings (SSSR count). The van der Waals surface area contributed by atoms with E-state index in [0.717, 1.165) is 0 Å². The maximum atomic E-state index is 11.1. The lowest BCUT2D eigenvalue weighted by Crippen LogP contribution is -2.17. The van der Waals surface area contributed by atoms with Crippen LogP contribution in [0.2, 0.25) is 0 Å². The first-order chi connectivity index (χ1) is 10.1. The molecular weight excluding hydrogens is 344 g/mol. The lowest BCUT2D eigenvalue weighted by atomic mass is 10.1. The molecule has 0 unspecified atom stereocenters. The molecule has 0 aliphatic carbocycles. The number of benzene rings is 1. The molecule has 2 heterocycles. The maximum absolute atomic E-state index is 11.1. The van der Waals surface area contributed by atoms with Crippen molar-refractivity contribution in [3.8, 4) is 22.8 Å². The van der Waals surface area contributed by atoms with Crippen LogP contribution in [-0.2, 0) is 0 Å². The van der Waals surface area contributed by atoms with Gasteiger partial charge in [0.15, 0.2) is 17.8 Å². The van der Waals surface area contributed by atoms with E-state index in [1.54, 1.807) is 6.07 Å². The summed E-state index contributed by atoms with van der Waals surface area (Å²) in [7, 11) is 0. The molecule has 0 atom stereocenters. The van der Waals surface area contributed by atoms with Crippen molar-refractivity contribution in [2.75, 3.05) is 13.2 Å². The van der Waals surface area contributed by atoms with Crippen LogP contribution >= 0.6 is 15.9 Å². The maximum Gasteiger partial charge on any atom is 0.353 e. The number of nitrogens with zero attached hydrogens (tertiary/aromatic N) is 1. The molecule has 0 saturated carbocycles. The average molecular weight is 353 g/mol. The van der Waals surface area contributed by atoms with Gasteiger partial charge in [-0.2, -0.15) is 5.10 Å². The van der Waals surface area contributed by atoms with Gasteiger partial charge in [0.25, 0.3) is 0 Å². The number of aldehydes is 1.